The molecule has 3 nitrogen and oxygen atoms in total. The molecule has 1 heterocycles. The van der Waals surface area contributed by atoms with Crippen molar-refractivity contribution in [3.63, 3.8) is 0 Å². The third kappa shape index (κ3) is 2.02. The van der Waals surface area contributed by atoms with Crippen molar-refractivity contribution in [3.05, 3.63) is 91.0 Å². The van der Waals surface area contributed by atoms with Crippen molar-refractivity contribution in [2.24, 2.45) is 0 Å². The maximum atomic E-state index is 4.45. The van der Waals surface area contributed by atoms with Gasteiger partial charge in [-0.2, -0.15) is 0 Å². The molecule has 0 aliphatic carbocycles. The Bertz CT molecular complexity index is 1480. The highest BCUT2D eigenvalue weighted by Crippen LogP contribution is 2.36. The number of aromatic nitrogens is 3. The zero-order chi connectivity index (χ0) is 17.8. The number of rotatable bonds is 1. The highest BCUT2D eigenvalue weighted by molar-refractivity contribution is 6.22. The maximum Gasteiger partial charge on any atom is 0.113 e. The average Bonchev–Trinajstić information content (AvgIpc) is 3.17. The molecule has 0 bridgehead atoms. The van der Waals surface area contributed by atoms with E-state index in [0.717, 1.165) is 16.7 Å². The van der Waals surface area contributed by atoms with E-state index in [2.05, 4.69) is 83.1 Å². The van der Waals surface area contributed by atoms with Gasteiger partial charge in [-0.05, 0) is 45.1 Å². The summed E-state index contributed by atoms with van der Waals surface area (Å²) in [5, 5.41) is 16.2. The Balaban J connectivity index is 1.82. The van der Waals surface area contributed by atoms with E-state index in [1.54, 1.807) is 0 Å². The highest BCUT2D eigenvalue weighted by atomic mass is 15.4. The number of nitrogens with zero attached hydrogens (tertiary/aromatic N) is 3. The predicted molar refractivity (Wildman–Crippen MR) is 111 cm³/mol. The van der Waals surface area contributed by atoms with E-state index in [9.17, 15) is 0 Å². The van der Waals surface area contributed by atoms with E-state index in [4.69, 9.17) is 0 Å². The van der Waals surface area contributed by atoms with Gasteiger partial charge in [0.15, 0.2) is 0 Å². The molecule has 0 aliphatic rings. The van der Waals surface area contributed by atoms with Crippen LogP contribution in [-0.2, 0) is 0 Å². The van der Waals surface area contributed by atoms with Crippen LogP contribution in [0.5, 0.6) is 0 Å². The van der Waals surface area contributed by atoms with E-state index in [1.807, 2.05) is 22.9 Å². The van der Waals surface area contributed by atoms with Gasteiger partial charge in [-0.1, -0.05) is 78.0 Å². The lowest BCUT2D eigenvalue weighted by molar-refractivity contribution is 0.829. The molecule has 3 heteroatoms. The molecule has 6 rings (SSSR count). The lowest BCUT2D eigenvalue weighted by Gasteiger charge is -2.13. The van der Waals surface area contributed by atoms with Crippen molar-refractivity contribution in [1.82, 2.24) is 15.0 Å². The molecule has 0 saturated heterocycles. The number of benzene rings is 5. The van der Waals surface area contributed by atoms with E-state index in [-0.39, 0.29) is 0 Å². The first-order valence-electron chi connectivity index (χ1n) is 9.04. The molecule has 0 radical (unpaired) electrons. The Morgan fingerprint density at radius 1 is 0.593 bits per heavy atom. The molecule has 0 spiro atoms. The fourth-order valence-electron chi connectivity index (χ4n) is 4.08. The molecule has 0 fully saturated rings. The molecule has 1 aromatic heterocycles. The Labute approximate surface area is 155 Å². The summed E-state index contributed by atoms with van der Waals surface area (Å²) in [7, 11) is 0. The summed E-state index contributed by atoms with van der Waals surface area (Å²) in [6.07, 6.45) is 0. The van der Waals surface area contributed by atoms with Crippen molar-refractivity contribution in [1.29, 1.82) is 0 Å². The highest BCUT2D eigenvalue weighted by Gasteiger charge is 2.13. The Kier molecular flexibility index (Phi) is 2.88. The molecule has 27 heavy (non-hydrogen) atoms. The molecule has 5 aromatic carbocycles. The fourth-order valence-corrected chi connectivity index (χ4v) is 4.08. The van der Waals surface area contributed by atoms with Crippen LogP contribution >= 0.6 is 0 Å². The summed E-state index contributed by atoms with van der Waals surface area (Å²) in [4.78, 5) is 0. The van der Waals surface area contributed by atoms with Gasteiger partial charge < -0.3 is 0 Å². The SMILES string of the molecule is c1ccc2c(c1)ccc1cc(-n3nnc4ccccc43)c3ccccc3c12. The first-order chi connectivity index (χ1) is 13.4. The number of hydrogen-bond acceptors (Lipinski definition) is 2. The lowest BCUT2D eigenvalue weighted by atomic mass is 9.95. The van der Waals surface area contributed by atoms with Gasteiger partial charge in [0, 0.05) is 5.39 Å². The summed E-state index contributed by atoms with van der Waals surface area (Å²) < 4.78 is 1.95. The molecule has 0 atom stereocenters. The first-order valence-corrected chi connectivity index (χ1v) is 9.04. The fraction of sp³-hybridized carbons (Fsp3) is 0. The van der Waals surface area contributed by atoms with Gasteiger partial charge in [-0.3, -0.25) is 0 Å². The van der Waals surface area contributed by atoms with Gasteiger partial charge in [0.2, 0.25) is 0 Å². The minimum atomic E-state index is 0.903. The lowest BCUT2D eigenvalue weighted by Crippen LogP contribution is -1.98. The van der Waals surface area contributed by atoms with Gasteiger partial charge in [-0.15, -0.1) is 5.10 Å². The monoisotopic (exact) mass is 345 g/mol. The average molecular weight is 345 g/mol. The third-order valence-electron chi connectivity index (χ3n) is 5.31. The van der Waals surface area contributed by atoms with Crippen molar-refractivity contribution < 1.29 is 0 Å². The van der Waals surface area contributed by atoms with Crippen LogP contribution in [0.15, 0.2) is 91.0 Å². The molecule has 0 unspecified atom stereocenters. The standard InChI is InChI=1S/C24H15N3/c1-2-8-18-16(7-1)13-14-17-15-23(19-9-3-4-10-20(19)24(17)18)27-22-12-6-5-11-21(22)25-26-27/h1-15H. The van der Waals surface area contributed by atoms with Crippen LogP contribution < -0.4 is 0 Å². The summed E-state index contributed by atoms with van der Waals surface area (Å²) in [6, 6.07) is 31.8. The number of fused-ring (bicyclic) bond motifs is 6. The number of hydrogen-bond donors (Lipinski definition) is 0. The molecule has 0 saturated carbocycles. The largest absolute Gasteiger partial charge is 0.212 e. The summed E-state index contributed by atoms with van der Waals surface area (Å²) >= 11 is 0. The minimum absolute atomic E-state index is 0.903. The van der Waals surface area contributed by atoms with Crippen LogP contribution in [0.4, 0.5) is 0 Å². The van der Waals surface area contributed by atoms with E-state index in [0.29, 0.717) is 0 Å². The third-order valence-corrected chi connectivity index (χ3v) is 5.31. The molecule has 6 aromatic rings. The molecule has 0 N–H and O–H groups in total. The number of para-hydroxylation sites is 1. The molecular weight excluding hydrogens is 330 g/mol. The normalized spacial score (nSPS) is 11.7. The van der Waals surface area contributed by atoms with Crippen LogP contribution in [0.25, 0.3) is 49.0 Å². The second-order valence-corrected chi connectivity index (χ2v) is 6.82. The van der Waals surface area contributed by atoms with Crippen LogP contribution in [-0.4, -0.2) is 15.0 Å². The summed E-state index contributed by atoms with van der Waals surface area (Å²) in [5.74, 6) is 0. The Morgan fingerprint density at radius 2 is 1.30 bits per heavy atom. The summed E-state index contributed by atoms with van der Waals surface area (Å²) in [5.41, 5.74) is 2.98. The van der Waals surface area contributed by atoms with Gasteiger partial charge in [-0.25, -0.2) is 4.68 Å². The van der Waals surface area contributed by atoms with Crippen LogP contribution in [0.1, 0.15) is 0 Å². The van der Waals surface area contributed by atoms with E-state index >= 15 is 0 Å². The molecular formula is C24H15N3. The smallest absolute Gasteiger partial charge is 0.113 e. The van der Waals surface area contributed by atoms with Crippen molar-refractivity contribution in [2.45, 2.75) is 0 Å². The van der Waals surface area contributed by atoms with E-state index in [1.165, 1.54) is 32.3 Å². The Hall–Kier alpha value is -3.72. The molecule has 0 amide bonds. The second-order valence-electron chi connectivity index (χ2n) is 6.82. The predicted octanol–water partition coefficient (Wildman–Crippen LogP) is 5.88. The Morgan fingerprint density at radius 3 is 2.22 bits per heavy atom. The van der Waals surface area contributed by atoms with Crippen molar-refractivity contribution in [2.75, 3.05) is 0 Å². The second kappa shape index (κ2) is 5.39. The van der Waals surface area contributed by atoms with Crippen LogP contribution in [0.2, 0.25) is 0 Å². The van der Waals surface area contributed by atoms with Crippen molar-refractivity contribution >= 4 is 43.4 Å². The van der Waals surface area contributed by atoms with E-state index < -0.39 is 0 Å². The maximum absolute atomic E-state index is 4.45. The van der Waals surface area contributed by atoms with Gasteiger partial charge in [0.25, 0.3) is 0 Å². The molecule has 126 valence electrons. The topological polar surface area (TPSA) is 30.7 Å². The van der Waals surface area contributed by atoms with Gasteiger partial charge in [0.1, 0.15) is 5.52 Å². The van der Waals surface area contributed by atoms with Crippen LogP contribution in [0.3, 0.4) is 0 Å². The zero-order valence-electron chi connectivity index (χ0n) is 14.5. The summed E-state index contributed by atoms with van der Waals surface area (Å²) in [6.45, 7) is 0. The van der Waals surface area contributed by atoms with Crippen molar-refractivity contribution in [3.8, 4) is 5.69 Å². The van der Waals surface area contributed by atoms with Gasteiger partial charge >= 0.3 is 0 Å². The van der Waals surface area contributed by atoms with Gasteiger partial charge in [0.05, 0.1) is 11.2 Å². The quantitative estimate of drug-likeness (QED) is 0.348. The zero-order valence-corrected chi connectivity index (χ0v) is 14.5. The minimum Gasteiger partial charge on any atom is -0.212 e. The molecule has 0 aliphatic heterocycles. The van der Waals surface area contributed by atoms with Crippen LogP contribution in [0, 0.1) is 0 Å². The first kappa shape index (κ1) is 14.4.